The van der Waals surface area contributed by atoms with Crippen molar-refractivity contribution < 1.29 is 27.5 Å². The van der Waals surface area contributed by atoms with Crippen LogP contribution in [0.15, 0.2) is 47.4 Å². The summed E-state index contributed by atoms with van der Waals surface area (Å²) in [5.41, 5.74) is 2.01. The summed E-state index contributed by atoms with van der Waals surface area (Å²) in [6, 6.07) is 11.2. The Bertz CT molecular complexity index is 1210. The molecule has 5 rings (SSSR count). The van der Waals surface area contributed by atoms with Crippen molar-refractivity contribution in [3.05, 3.63) is 53.6 Å². The molecular weight excluding hydrogens is 458 g/mol. The van der Waals surface area contributed by atoms with Gasteiger partial charge in [0.2, 0.25) is 18.6 Å². The number of ether oxygens (including phenoxy) is 2. The van der Waals surface area contributed by atoms with Crippen LogP contribution in [0.5, 0.6) is 11.5 Å². The second-order valence-electron chi connectivity index (χ2n) is 8.85. The van der Waals surface area contributed by atoms with Gasteiger partial charge in [-0.25, -0.2) is 12.7 Å². The molecule has 3 aliphatic rings. The molecule has 2 fully saturated rings. The molecule has 3 aliphatic heterocycles. The summed E-state index contributed by atoms with van der Waals surface area (Å²) in [6.45, 7) is 5.08. The number of sulfonamides is 1. The minimum Gasteiger partial charge on any atom is -0.454 e. The van der Waals surface area contributed by atoms with E-state index in [1.165, 1.54) is 12.1 Å². The zero-order valence-corrected chi connectivity index (χ0v) is 19.8. The largest absolute Gasteiger partial charge is 0.454 e. The maximum absolute atomic E-state index is 13.3. The molecule has 2 aromatic carbocycles. The first-order valence-electron chi connectivity index (χ1n) is 11.4. The van der Waals surface area contributed by atoms with Crippen LogP contribution in [0.1, 0.15) is 24.0 Å². The molecule has 180 valence electrons. The zero-order valence-electron chi connectivity index (χ0n) is 19.0. The molecule has 10 heteroatoms. The number of benzene rings is 2. The van der Waals surface area contributed by atoms with E-state index in [4.69, 9.17) is 9.47 Å². The first-order chi connectivity index (χ1) is 16.3. The number of hydrogen-bond acceptors (Lipinski definition) is 7. The molecule has 1 atom stereocenters. The number of fused-ring (bicyclic) bond motifs is 1. The molecule has 34 heavy (non-hydrogen) atoms. The summed E-state index contributed by atoms with van der Waals surface area (Å²) in [7, 11) is -4.09. The Kier molecular flexibility index (Phi) is 5.95. The number of hydrogen-bond donors (Lipinski definition) is 0. The van der Waals surface area contributed by atoms with Crippen LogP contribution in [0.3, 0.4) is 0 Å². The summed E-state index contributed by atoms with van der Waals surface area (Å²) in [6.07, 6.45) is 0.256. The molecule has 0 N–H and O–H groups in total. The lowest BCUT2D eigenvalue weighted by Crippen LogP contribution is -2.54. The first kappa shape index (κ1) is 22.7. The molecule has 0 saturated carbocycles. The lowest BCUT2D eigenvalue weighted by Gasteiger charge is -2.37. The van der Waals surface area contributed by atoms with E-state index < -0.39 is 22.0 Å². The van der Waals surface area contributed by atoms with Crippen LogP contribution >= 0.6 is 0 Å². The Morgan fingerprint density at radius 2 is 1.71 bits per heavy atom. The third kappa shape index (κ3) is 4.23. The summed E-state index contributed by atoms with van der Waals surface area (Å²) in [4.78, 5) is 29.8. The van der Waals surface area contributed by atoms with E-state index in [-0.39, 0.29) is 30.4 Å². The molecule has 2 aromatic rings. The predicted molar refractivity (Wildman–Crippen MR) is 123 cm³/mol. The summed E-state index contributed by atoms with van der Waals surface area (Å²) >= 11 is 0. The standard InChI is InChI=1S/C24H27N3O6S/c1-17-2-5-19(6-3-17)34(30,31)27-20(7-9-23(27)28)24(29)26-12-10-25(11-13-26)15-18-4-8-21-22(14-18)33-16-32-21/h2-6,8,14,20H,7,9-13,15-16H2,1H3. The predicted octanol–water partition coefficient (Wildman–Crippen LogP) is 1.75. The van der Waals surface area contributed by atoms with Crippen LogP contribution in [-0.4, -0.2) is 73.4 Å². The lowest BCUT2D eigenvalue weighted by atomic mass is 10.1. The highest BCUT2D eigenvalue weighted by Crippen LogP contribution is 2.33. The van der Waals surface area contributed by atoms with Crippen LogP contribution in [0.25, 0.3) is 0 Å². The van der Waals surface area contributed by atoms with Crippen molar-refractivity contribution in [2.24, 2.45) is 0 Å². The van der Waals surface area contributed by atoms with Gasteiger partial charge in [0.1, 0.15) is 6.04 Å². The third-order valence-electron chi connectivity index (χ3n) is 6.55. The minimum atomic E-state index is -4.09. The third-order valence-corrected chi connectivity index (χ3v) is 8.39. The van der Waals surface area contributed by atoms with Gasteiger partial charge in [-0.3, -0.25) is 14.5 Å². The van der Waals surface area contributed by atoms with Gasteiger partial charge in [-0.15, -0.1) is 0 Å². The normalized spacial score (nSPS) is 20.7. The Labute approximate surface area is 198 Å². The highest BCUT2D eigenvalue weighted by Gasteiger charge is 2.45. The fourth-order valence-electron chi connectivity index (χ4n) is 4.65. The van der Waals surface area contributed by atoms with Crippen LogP contribution < -0.4 is 9.47 Å². The van der Waals surface area contributed by atoms with Gasteiger partial charge in [-0.05, 0) is 43.2 Å². The Hall–Kier alpha value is -3.11. The molecule has 0 radical (unpaired) electrons. The van der Waals surface area contributed by atoms with Crippen LogP contribution in [-0.2, 0) is 26.2 Å². The molecule has 0 bridgehead atoms. The Balaban J connectivity index is 1.24. The highest BCUT2D eigenvalue weighted by molar-refractivity contribution is 7.89. The van der Waals surface area contributed by atoms with Gasteiger partial charge in [0, 0.05) is 39.1 Å². The van der Waals surface area contributed by atoms with Crippen LogP contribution in [0, 0.1) is 6.92 Å². The Morgan fingerprint density at radius 1 is 1.00 bits per heavy atom. The number of aryl methyl sites for hydroxylation is 1. The van der Waals surface area contributed by atoms with E-state index in [1.54, 1.807) is 17.0 Å². The second kappa shape index (κ2) is 8.92. The molecule has 2 amide bonds. The number of carbonyl (C=O) groups excluding carboxylic acids is 2. The van der Waals surface area contributed by atoms with Gasteiger partial charge in [0.25, 0.3) is 10.0 Å². The van der Waals surface area contributed by atoms with Gasteiger partial charge < -0.3 is 14.4 Å². The van der Waals surface area contributed by atoms with Crippen molar-refractivity contribution in [3.63, 3.8) is 0 Å². The van der Waals surface area contributed by atoms with E-state index in [1.807, 2.05) is 25.1 Å². The topological polar surface area (TPSA) is 96.5 Å². The SMILES string of the molecule is Cc1ccc(S(=O)(=O)N2C(=O)CCC2C(=O)N2CCN(Cc3ccc4c(c3)OCO4)CC2)cc1. The second-order valence-corrected chi connectivity index (χ2v) is 10.7. The van der Waals surface area contributed by atoms with Gasteiger partial charge in [0.15, 0.2) is 11.5 Å². The summed E-state index contributed by atoms with van der Waals surface area (Å²) in [5, 5.41) is 0. The van der Waals surface area contributed by atoms with Crippen molar-refractivity contribution >= 4 is 21.8 Å². The number of rotatable bonds is 5. The molecule has 3 heterocycles. The summed E-state index contributed by atoms with van der Waals surface area (Å²) < 4.78 is 38.0. The van der Waals surface area contributed by atoms with Crippen molar-refractivity contribution in [1.29, 1.82) is 0 Å². The molecule has 0 spiro atoms. The van der Waals surface area contributed by atoms with Crippen molar-refractivity contribution in [1.82, 2.24) is 14.1 Å². The van der Waals surface area contributed by atoms with E-state index in [0.717, 1.165) is 26.9 Å². The fraction of sp³-hybridized carbons (Fsp3) is 0.417. The molecule has 0 aliphatic carbocycles. The van der Waals surface area contributed by atoms with Crippen molar-refractivity contribution in [2.45, 2.75) is 37.2 Å². The number of amides is 2. The lowest BCUT2D eigenvalue weighted by molar-refractivity contribution is -0.139. The Morgan fingerprint density at radius 3 is 2.44 bits per heavy atom. The van der Waals surface area contributed by atoms with Crippen molar-refractivity contribution in [3.8, 4) is 11.5 Å². The van der Waals surface area contributed by atoms with Crippen LogP contribution in [0.2, 0.25) is 0 Å². The van der Waals surface area contributed by atoms with Crippen LogP contribution in [0.4, 0.5) is 0 Å². The zero-order chi connectivity index (χ0) is 23.9. The molecule has 9 nitrogen and oxygen atoms in total. The molecular formula is C24H27N3O6S. The van der Waals surface area contributed by atoms with Gasteiger partial charge >= 0.3 is 0 Å². The quantitative estimate of drug-likeness (QED) is 0.637. The maximum Gasteiger partial charge on any atom is 0.267 e. The minimum absolute atomic E-state index is 0.0275. The maximum atomic E-state index is 13.3. The summed E-state index contributed by atoms with van der Waals surface area (Å²) in [5.74, 6) is 0.659. The van der Waals surface area contributed by atoms with Gasteiger partial charge in [-0.2, -0.15) is 0 Å². The number of piperazine rings is 1. The van der Waals surface area contributed by atoms with Crippen molar-refractivity contribution in [2.75, 3.05) is 33.0 Å². The molecule has 2 saturated heterocycles. The first-order valence-corrected chi connectivity index (χ1v) is 12.8. The monoisotopic (exact) mass is 485 g/mol. The average molecular weight is 486 g/mol. The van der Waals surface area contributed by atoms with Gasteiger partial charge in [0.05, 0.1) is 4.90 Å². The van der Waals surface area contributed by atoms with Gasteiger partial charge in [-0.1, -0.05) is 23.8 Å². The molecule has 1 unspecified atom stereocenters. The average Bonchev–Trinajstić information content (AvgIpc) is 3.46. The van der Waals surface area contributed by atoms with E-state index in [2.05, 4.69) is 4.90 Å². The van der Waals surface area contributed by atoms with E-state index >= 15 is 0 Å². The fourth-order valence-corrected chi connectivity index (χ4v) is 6.24. The molecule has 0 aromatic heterocycles. The van der Waals surface area contributed by atoms with E-state index in [9.17, 15) is 18.0 Å². The number of nitrogens with zero attached hydrogens (tertiary/aromatic N) is 3. The van der Waals surface area contributed by atoms with E-state index in [0.29, 0.717) is 32.7 Å². The smallest absolute Gasteiger partial charge is 0.267 e. The highest BCUT2D eigenvalue weighted by atomic mass is 32.2. The number of carbonyl (C=O) groups is 2.